The number of aromatic nitrogens is 1. The summed E-state index contributed by atoms with van der Waals surface area (Å²) in [7, 11) is 0. The Morgan fingerprint density at radius 2 is 1.94 bits per heavy atom. The maximum Gasteiger partial charge on any atom is 0.186 e. The molecule has 0 saturated heterocycles. The second-order valence-electron chi connectivity index (χ2n) is 3.50. The lowest BCUT2D eigenvalue weighted by Crippen LogP contribution is -2.33. The fraction of sp³-hybridized carbons (Fsp3) is 0.0769. The van der Waals surface area contributed by atoms with Crippen molar-refractivity contribution in [2.45, 2.75) is 6.54 Å². The van der Waals surface area contributed by atoms with Crippen LogP contribution >= 0.6 is 11.6 Å². The molecule has 0 aliphatic carbocycles. The van der Waals surface area contributed by atoms with Gasteiger partial charge in [0.15, 0.2) is 18.9 Å². The van der Waals surface area contributed by atoms with Crippen molar-refractivity contribution in [1.29, 1.82) is 5.26 Å². The first-order valence-corrected chi connectivity index (χ1v) is 5.29. The molecule has 16 heavy (non-hydrogen) atoms. The Labute approximate surface area is 99.3 Å². The van der Waals surface area contributed by atoms with E-state index in [2.05, 4.69) is 6.07 Å². The zero-order chi connectivity index (χ0) is 11.4. The van der Waals surface area contributed by atoms with Gasteiger partial charge in [0, 0.05) is 16.7 Å². The Bertz CT molecular complexity index is 526. The van der Waals surface area contributed by atoms with Gasteiger partial charge in [0.2, 0.25) is 0 Å². The highest BCUT2D eigenvalue weighted by molar-refractivity contribution is 6.30. The predicted octanol–water partition coefficient (Wildman–Crippen LogP) is 2.55. The summed E-state index contributed by atoms with van der Waals surface area (Å²) in [4.78, 5) is 0. The highest BCUT2D eigenvalue weighted by Crippen LogP contribution is 2.09. The Morgan fingerprint density at radius 1 is 1.19 bits per heavy atom. The van der Waals surface area contributed by atoms with Gasteiger partial charge < -0.3 is 0 Å². The Hall–Kier alpha value is -1.85. The highest BCUT2D eigenvalue weighted by Gasteiger charge is 2.03. The molecule has 0 bridgehead atoms. The summed E-state index contributed by atoms with van der Waals surface area (Å²) in [5.74, 6) is 0. The van der Waals surface area contributed by atoms with E-state index in [0.29, 0.717) is 5.56 Å². The fourth-order valence-electron chi connectivity index (χ4n) is 1.49. The molecule has 3 heteroatoms. The van der Waals surface area contributed by atoms with Crippen LogP contribution in [-0.4, -0.2) is 0 Å². The molecule has 0 amide bonds. The van der Waals surface area contributed by atoms with Crippen molar-refractivity contribution >= 4 is 11.6 Å². The van der Waals surface area contributed by atoms with Gasteiger partial charge in [0.1, 0.15) is 11.6 Å². The lowest BCUT2D eigenvalue weighted by molar-refractivity contribution is -0.688. The molecule has 1 aromatic heterocycles. The highest BCUT2D eigenvalue weighted by atomic mass is 35.5. The summed E-state index contributed by atoms with van der Waals surface area (Å²) in [6, 6.07) is 13.5. The Balaban J connectivity index is 2.21. The summed E-state index contributed by atoms with van der Waals surface area (Å²) < 4.78 is 1.97. The van der Waals surface area contributed by atoms with Crippen LogP contribution in [-0.2, 0) is 6.54 Å². The topological polar surface area (TPSA) is 27.7 Å². The van der Waals surface area contributed by atoms with E-state index in [4.69, 9.17) is 16.9 Å². The molecule has 0 aliphatic heterocycles. The van der Waals surface area contributed by atoms with Gasteiger partial charge in [-0.15, -0.1) is 0 Å². The summed E-state index contributed by atoms with van der Waals surface area (Å²) in [6.07, 6.45) is 3.77. The van der Waals surface area contributed by atoms with Crippen molar-refractivity contribution in [2.24, 2.45) is 0 Å². The molecule has 1 aromatic carbocycles. The number of pyridine rings is 1. The van der Waals surface area contributed by atoms with Crippen LogP contribution in [0.25, 0.3) is 0 Å². The van der Waals surface area contributed by atoms with Crippen molar-refractivity contribution in [3.8, 4) is 6.07 Å². The molecule has 0 unspecified atom stereocenters. The number of halogens is 1. The van der Waals surface area contributed by atoms with Crippen molar-refractivity contribution in [3.05, 3.63) is 64.9 Å². The third-order valence-corrected chi connectivity index (χ3v) is 2.52. The van der Waals surface area contributed by atoms with Crippen molar-refractivity contribution in [2.75, 3.05) is 0 Å². The van der Waals surface area contributed by atoms with Gasteiger partial charge >= 0.3 is 0 Å². The third-order valence-electron chi connectivity index (χ3n) is 2.27. The van der Waals surface area contributed by atoms with Crippen LogP contribution in [0.4, 0.5) is 0 Å². The average molecular weight is 230 g/mol. The quantitative estimate of drug-likeness (QED) is 0.728. The lowest BCUT2D eigenvalue weighted by Gasteiger charge is -1.98. The van der Waals surface area contributed by atoms with Crippen molar-refractivity contribution < 1.29 is 4.57 Å². The minimum Gasteiger partial charge on any atom is -0.200 e. The van der Waals surface area contributed by atoms with Crippen LogP contribution in [0.2, 0.25) is 5.02 Å². The SMILES string of the molecule is N#Cc1ccc[n+](Cc2ccc(Cl)cc2)c1. The van der Waals surface area contributed by atoms with Gasteiger partial charge in [-0.05, 0) is 18.2 Å². The van der Waals surface area contributed by atoms with E-state index >= 15 is 0 Å². The normalized spacial score (nSPS) is 9.75. The Kier molecular flexibility index (Phi) is 3.19. The van der Waals surface area contributed by atoms with E-state index < -0.39 is 0 Å². The first-order chi connectivity index (χ1) is 7.78. The molecule has 0 spiro atoms. The molecule has 0 saturated carbocycles. The number of nitriles is 1. The summed E-state index contributed by atoms with van der Waals surface area (Å²) in [5, 5.41) is 9.52. The van der Waals surface area contributed by atoms with Gasteiger partial charge in [0.05, 0.1) is 0 Å². The first kappa shape index (κ1) is 10.7. The zero-order valence-electron chi connectivity index (χ0n) is 8.60. The fourth-order valence-corrected chi connectivity index (χ4v) is 1.61. The predicted molar refractivity (Wildman–Crippen MR) is 61.9 cm³/mol. The first-order valence-electron chi connectivity index (χ1n) is 4.91. The molecule has 2 rings (SSSR count). The van der Waals surface area contributed by atoms with Crippen LogP contribution in [0.3, 0.4) is 0 Å². The summed E-state index contributed by atoms with van der Waals surface area (Å²) >= 11 is 5.81. The van der Waals surface area contributed by atoms with Crippen LogP contribution in [0.1, 0.15) is 11.1 Å². The maximum atomic E-state index is 8.78. The molecule has 0 radical (unpaired) electrons. The minimum absolute atomic E-state index is 0.663. The van der Waals surface area contributed by atoms with Crippen molar-refractivity contribution in [1.82, 2.24) is 0 Å². The summed E-state index contributed by atoms with van der Waals surface area (Å²) in [5.41, 5.74) is 1.82. The van der Waals surface area contributed by atoms with Gasteiger partial charge in [-0.3, -0.25) is 0 Å². The second-order valence-corrected chi connectivity index (χ2v) is 3.94. The van der Waals surface area contributed by atoms with Crippen LogP contribution in [0, 0.1) is 11.3 Å². The van der Waals surface area contributed by atoms with E-state index in [-0.39, 0.29) is 0 Å². The second kappa shape index (κ2) is 4.78. The summed E-state index contributed by atoms with van der Waals surface area (Å²) in [6.45, 7) is 0.743. The molecule has 0 atom stereocenters. The largest absolute Gasteiger partial charge is 0.200 e. The molecule has 78 valence electrons. The number of hydrogen-bond acceptors (Lipinski definition) is 1. The molecule has 2 aromatic rings. The third kappa shape index (κ3) is 2.59. The zero-order valence-corrected chi connectivity index (χ0v) is 9.35. The molecule has 0 N–H and O–H groups in total. The molecule has 0 fully saturated rings. The number of benzene rings is 1. The average Bonchev–Trinajstić information content (AvgIpc) is 2.32. The smallest absolute Gasteiger partial charge is 0.186 e. The van der Waals surface area contributed by atoms with E-state index in [1.54, 1.807) is 6.07 Å². The van der Waals surface area contributed by atoms with E-state index in [1.165, 1.54) is 0 Å². The van der Waals surface area contributed by atoms with Crippen LogP contribution < -0.4 is 4.57 Å². The van der Waals surface area contributed by atoms with Gasteiger partial charge in [-0.25, -0.2) is 0 Å². The molecule has 2 nitrogen and oxygen atoms in total. The monoisotopic (exact) mass is 229 g/mol. The Morgan fingerprint density at radius 3 is 2.62 bits per heavy atom. The van der Waals surface area contributed by atoms with E-state index in [1.807, 2.05) is 47.3 Å². The number of hydrogen-bond donors (Lipinski definition) is 0. The number of rotatable bonds is 2. The van der Waals surface area contributed by atoms with E-state index in [0.717, 1.165) is 17.1 Å². The molecule has 0 aliphatic rings. The minimum atomic E-state index is 0.663. The lowest BCUT2D eigenvalue weighted by atomic mass is 10.2. The van der Waals surface area contributed by atoms with Gasteiger partial charge in [-0.2, -0.15) is 9.83 Å². The van der Waals surface area contributed by atoms with E-state index in [9.17, 15) is 0 Å². The van der Waals surface area contributed by atoms with Crippen LogP contribution in [0.15, 0.2) is 48.8 Å². The van der Waals surface area contributed by atoms with Crippen LogP contribution in [0.5, 0.6) is 0 Å². The standard InChI is InChI=1S/C13H10ClN2/c14-13-5-3-11(4-6-13)9-16-7-1-2-12(8-15)10-16/h1-7,10H,9H2/q+1. The van der Waals surface area contributed by atoms with Gasteiger partial charge in [-0.1, -0.05) is 23.7 Å². The maximum absolute atomic E-state index is 8.78. The molecule has 1 heterocycles. The molecular formula is C13H10ClN2+. The van der Waals surface area contributed by atoms with Gasteiger partial charge in [0.25, 0.3) is 0 Å². The van der Waals surface area contributed by atoms with Crippen molar-refractivity contribution in [3.63, 3.8) is 0 Å². The number of nitrogens with zero attached hydrogens (tertiary/aromatic N) is 2. The molecular weight excluding hydrogens is 220 g/mol.